The Morgan fingerprint density at radius 3 is 2.52 bits per heavy atom. The fraction of sp³-hybridized carbons (Fsp3) is 0.571. The number of methoxy groups -OCH3 is 1. The maximum absolute atomic E-state index is 14.1. The zero-order valence-corrected chi connectivity index (χ0v) is 15.7. The number of rotatable bonds is 4. The zero-order valence-electron chi connectivity index (χ0n) is 14.1. The SMILES string of the molecule is COc1c(F)cc(S(=O)(=O)N2CCC(N)C(C)(C)C2)cc1[N+](=O)[O-].Cl. The topological polar surface area (TPSA) is 116 Å². The van der Waals surface area contributed by atoms with Gasteiger partial charge in [0, 0.05) is 25.2 Å². The number of ether oxygens (including phenoxy) is 1. The molecule has 1 aromatic carbocycles. The van der Waals surface area contributed by atoms with E-state index in [4.69, 9.17) is 5.73 Å². The summed E-state index contributed by atoms with van der Waals surface area (Å²) in [6, 6.07) is 1.40. The van der Waals surface area contributed by atoms with Crippen LogP contribution in [-0.4, -0.2) is 43.9 Å². The van der Waals surface area contributed by atoms with Gasteiger partial charge in [0.2, 0.25) is 15.8 Å². The molecule has 0 bridgehead atoms. The largest absolute Gasteiger partial charge is 0.488 e. The van der Waals surface area contributed by atoms with E-state index in [2.05, 4.69) is 4.74 Å². The van der Waals surface area contributed by atoms with Crippen molar-refractivity contribution in [2.45, 2.75) is 31.2 Å². The molecule has 2 N–H and O–H groups in total. The summed E-state index contributed by atoms with van der Waals surface area (Å²) >= 11 is 0. The molecule has 2 rings (SSSR count). The molecule has 0 aromatic heterocycles. The number of piperidine rings is 1. The van der Waals surface area contributed by atoms with E-state index in [0.717, 1.165) is 19.2 Å². The summed E-state index contributed by atoms with van der Waals surface area (Å²) in [4.78, 5) is 9.72. The van der Waals surface area contributed by atoms with E-state index in [1.54, 1.807) is 0 Å². The Kier molecular flexibility index (Phi) is 6.38. The molecular formula is C14H21ClFN3O5S. The molecule has 25 heavy (non-hydrogen) atoms. The third-order valence-electron chi connectivity index (χ3n) is 4.31. The van der Waals surface area contributed by atoms with E-state index >= 15 is 0 Å². The number of hydrogen-bond acceptors (Lipinski definition) is 6. The van der Waals surface area contributed by atoms with Gasteiger partial charge in [-0.1, -0.05) is 13.8 Å². The van der Waals surface area contributed by atoms with Gasteiger partial charge >= 0.3 is 5.69 Å². The maximum Gasteiger partial charge on any atom is 0.315 e. The van der Waals surface area contributed by atoms with E-state index in [-0.39, 0.29) is 31.5 Å². The molecule has 1 aromatic rings. The van der Waals surface area contributed by atoms with Crippen LogP contribution in [0.15, 0.2) is 17.0 Å². The number of hydrogen-bond donors (Lipinski definition) is 1. The molecule has 0 aliphatic carbocycles. The molecule has 0 radical (unpaired) electrons. The average molecular weight is 398 g/mol. The fourth-order valence-corrected chi connectivity index (χ4v) is 4.38. The first-order valence-electron chi connectivity index (χ1n) is 7.28. The van der Waals surface area contributed by atoms with E-state index in [0.29, 0.717) is 6.42 Å². The molecule has 8 nitrogen and oxygen atoms in total. The van der Waals surface area contributed by atoms with Gasteiger partial charge in [-0.3, -0.25) is 10.1 Å². The van der Waals surface area contributed by atoms with Crippen LogP contribution in [0, 0.1) is 21.3 Å². The quantitative estimate of drug-likeness (QED) is 0.612. The van der Waals surface area contributed by atoms with Crippen molar-refractivity contribution < 1.29 is 22.5 Å². The highest BCUT2D eigenvalue weighted by Crippen LogP contribution is 2.36. The molecule has 1 aliphatic rings. The van der Waals surface area contributed by atoms with Gasteiger partial charge in [0.05, 0.1) is 16.9 Å². The average Bonchev–Trinajstić information content (AvgIpc) is 2.48. The third-order valence-corrected chi connectivity index (χ3v) is 6.14. The first-order chi connectivity index (χ1) is 11.0. The van der Waals surface area contributed by atoms with Crippen LogP contribution in [0.25, 0.3) is 0 Å². The van der Waals surface area contributed by atoms with Crippen molar-refractivity contribution in [1.29, 1.82) is 0 Å². The van der Waals surface area contributed by atoms with Crippen molar-refractivity contribution in [2.75, 3.05) is 20.2 Å². The molecule has 1 atom stereocenters. The highest BCUT2D eigenvalue weighted by molar-refractivity contribution is 7.89. The molecule has 1 saturated heterocycles. The van der Waals surface area contributed by atoms with Crippen molar-refractivity contribution in [1.82, 2.24) is 4.31 Å². The molecule has 1 aliphatic heterocycles. The fourth-order valence-electron chi connectivity index (χ4n) is 2.72. The molecular weight excluding hydrogens is 377 g/mol. The Morgan fingerprint density at radius 1 is 1.44 bits per heavy atom. The molecule has 0 spiro atoms. The van der Waals surface area contributed by atoms with E-state index < -0.39 is 42.5 Å². The molecule has 142 valence electrons. The number of halogens is 2. The number of nitro benzene ring substituents is 1. The standard InChI is InChI=1S/C14H20FN3O5S.ClH/c1-14(2)8-17(5-4-12(14)16)24(21,22)9-6-10(15)13(23-3)11(7-9)18(19)20;/h6-7,12H,4-5,8,16H2,1-3H3;1H. The second-order valence-corrected chi connectivity index (χ2v) is 8.37. The first kappa shape index (κ1) is 21.6. The van der Waals surface area contributed by atoms with Gasteiger partial charge in [0.15, 0.2) is 5.82 Å². The molecule has 1 unspecified atom stereocenters. The van der Waals surface area contributed by atoms with Crippen molar-refractivity contribution in [3.63, 3.8) is 0 Å². The Labute approximate surface area is 151 Å². The number of nitro groups is 1. The van der Waals surface area contributed by atoms with Gasteiger partial charge in [0.1, 0.15) is 0 Å². The van der Waals surface area contributed by atoms with Gasteiger partial charge in [-0.05, 0) is 17.9 Å². The normalized spacial score (nSPS) is 20.6. The number of nitrogens with zero attached hydrogens (tertiary/aromatic N) is 2. The summed E-state index contributed by atoms with van der Waals surface area (Å²) in [5, 5.41) is 11.1. The monoisotopic (exact) mass is 397 g/mol. The molecule has 0 saturated carbocycles. The van der Waals surface area contributed by atoms with Crippen molar-refractivity contribution >= 4 is 28.1 Å². The van der Waals surface area contributed by atoms with E-state index in [1.165, 1.54) is 4.31 Å². The first-order valence-corrected chi connectivity index (χ1v) is 8.72. The Morgan fingerprint density at radius 2 is 2.04 bits per heavy atom. The smallest absolute Gasteiger partial charge is 0.315 e. The van der Waals surface area contributed by atoms with Crippen molar-refractivity contribution in [3.8, 4) is 5.75 Å². The molecule has 1 heterocycles. The van der Waals surface area contributed by atoms with Crippen LogP contribution >= 0.6 is 12.4 Å². The summed E-state index contributed by atoms with van der Waals surface area (Å²) in [7, 11) is -3.00. The molecule has 1 fully saturated rings. The minimum Gasteiger partial charge on any atom is -0.488 e. The molecule has 0 amide bonds. The summed E-state index contributed by atoms with van der Waals surface area (Å²) in [6.07, 6.45) is 0.451. The lowest BCUT2D eigenvalue weighted by atomic mass is 9.81. The summed E-state index contributed by atoms with van der Waals surface area (Å²) in [5.41, 5.74) is 4.81. The van der Waals surface area contributed by atoms with Gasteiger partial charge in [-0.15, -0.1) is 12.4 Å². The Balaban J connectivity index is 0.00000312. The van der Waals surface area contributed by atoms with Gasteiger partial charge < -0.3 is 10.5 Å². The van der Waals surface area contributed by atoms with Crippen LogP contribution < -0.4 is 10.5 Å². The predicted octanol–water partition coefficient (Wildman–Crippen LogP) is 1.91. The van der Waals surface area contributed by atoms with E-state index in [1.807, 2.05) is 13.8 Å². The second kappa shape index (κ2) is 7.40. The number of nitrogens with two attached hydrogens (primary N) is 1. The predicted molar refractivity (Wildman–Crippen MR) is 92.0 cm³/mol. The maximum atomic E-state index is 14.1. The van der Waals surface area contributed by atoms with Crippen LogP contribution in [0.2, 0.25) is 0 Å². The second-order valence-electron chi connectivity index (χ2n) is 6.44. The van der Waals surface area contributed by atoms with Gasteiger partial charge in [0.25, 0.3) is 0 Å². The van der Waals surface area contributed by atoms with Gasteiger partial charge in [-0.2, -0.15) is 4.31 Å². The lowest BCUT2D eigenvalue weighted by molar-refractivity contribution is -0.386. The number of sulfonamides is 1. The van der Waals surface area contributed by atoms with Crippen molar-refractivity contribution in [2.24, 2.45) is 11.1 Å². The summed E-state index contributed by atoms with van der Waals surface area (Å²) in [5.74, 6) is -1.70. The highest BCUT2D eigenvalue weighted by atomic mass is 35.5. The third kappa shape index (κ3) is 4.02. The minimum atomic E-state index is -4.08. The van der Waals surface area contributed by atoms with Crippen LogP contribution in [0.4, 0.5) is 10.1 Å². The van der Waals surface area contributed by atoms with Crippen LogP contribution in [0.3, 0.4) is 0 Å². The van der Waals surface area contributed by atoms with Crippen LogP contribution in [-0.2, 0) is 10.0 Å². The molecule has 11 heteroatoms. The van der Waals surface area contributed by atoms with Crippen molar-refractivity contribution in [3.05, 3.63) is 28.1 Å². The lowest BCUT2D eigenvalue weighted by Gasteiger charge is -2.41. The minimum absolute atomic E-state index is 0. The Hall–Kier alpha value is -1.49. The van der Waals surface area contributed by atoms with E-state index in [9.17, 15) is 22.9 Å². The van der Waals surface area contributed by atoms with Gasteiger partial charge in [-0.25, -0.2) is 12.8 Å². The summed E-state index contributed by atoms with van der Waals surface area (Å²) in [6.45, 7) is 4.01. The highest BCUT2D eigenvalue weighted by Gasteiger charge is 2.39. The lowest BCUT2D eigenvalue weighted by Crippen LogP contribution is -2.53. The zero-order chi connectivity index (χ0) is 18.3. The number of benzene rings is 1. The summed E-state index contributed by atoms with van der Waals surface area (Å²) < 4.78 is 45.4. The van der Waals surface area contributed by atoms with Crippen LogP contribution in [0.5, 0.6) is 5.75 Å². The van der Waals surface area contributed by atoms with Crippen LogP contribution in [0.1, 0.15) is 20.3 Å². The Bertz CT molecular complexity index is 772.